The monoisotopic (exact) mass is 449 g/mol. The minimum atomic E-state index is 0. The molecule has 2 aliphatic heterocycles. The maximum atomic E-state index is 5.88. The molecule has 0 bridgehead atoms. The average molecular weight is 449 g/mol. The fourth-order valence-corrected chi connectivity index (χ4v) is 4.19. The first-order valence-electron chi connectivity index (χ1n) is 9.05. The molecule has 1 aliphatic carbocycles. The van der Waals surface area contributed by atoms with E-state index in [1.54, 1.807) is 0 Å². The largest absolute Gasteiger partial charge is 0.377 e. The lowest BCUT2D eigenvalue weighted by Crippen LogP contribution is -2.67. The smallest absolute Gasteiger partial charge is 0.191 e. The van der Waals surface area contributed by atoms with Crippen molar-refractivity contribution in [1.82, 2.24) is 10.6 Å². The molecule has 0 amide bonds. The molecule has 2 heterocycles. The molecular weight excluding hydrogens is 417 g/mol. The first-order valence-corrected chi connectivity index (χ1v) is 9.05. The summed E-state index contributed by atoms with van der Waals surface area (Å²) in [5, 5.41) is 7.06. The maximum Gasteiger partial charge on any atom is 0.191 e. The van der Waals surface area contributed by atoms with Crippen molar-refractivity contribution >= 4 is 29.9 Å². The van der Waals surface area contributed by atoms with E-state index >= 15 is 0 Å². The van der Waals surface area contributed by atoms with E-state index in [1.165, 1.54) is 5.57 Å². The van der Waals surface area contributed by atoms with Gasteiger partial charge in [-0.2, -0.15) is 0 Å². The van der Waals surface area contributed by atoms with Gasteiger partial charge in [-0.25, -0.2) is 0 Å². The summed E-state index contributed by atoms with van der Waals surface area (Å²) >= 11 is 0. The van der Waals surface area contributed by atoms with Crippen LogP contribution in [-0.4, -0.2) is 51.0 Å². The van der Waals surface area contributed by atoms with Crippen LogP contribution in [0.2, 0.25) is 0 Å². The third-order valence-electron chi connectivity index (χ3n) is 5.50. The summed E-state index contributed by atoms with van der Waals surface area (Å²) < 4.78 is 11.2. The van der Waals surface area contributed by atoms with Gasteiger partial charge in [0.1, 0.15) is 0 Å². The SMILES string of the molecule is CCNC(=NCCC1=CCOCC1)NC1C2CCOC2C1(C)C.I. The van der Waals surface area contributed by atoms with Crippen LogP contribution in [0, 0.1) is 11.3 Å². The van der Waals surface area contributed by atoms with Crippen LogP contribution < -0.4 is 10.6 Å². The fraction of sp³-hybridized carbons (Fsp3) is 0.833. The molecule has 1 saturated carbocycles. The minimum Gasteiger partial charge on any atom is -0.377 e. The van der Waals surface area contributed by atoms with Gasteiger partial charge in [0.2, 0.25) is 0 Å². The molecule has 1 saturated heterocycles. The Labute approximate surface area is 163 Å². The van der Waals surface area contributed by atoms with Crippen molar-refractivity contribution in [3.05, 3.63) is 11.6 Å². The van der Waals surface area contributed by atoms with E-state index in [1.807, 2.05) is 0 Å². The third-order valence-corrected chi connectivity index (χ3v) is 5.50. The molecule has 0 radical (unpaired) electrons. The highest BCUT2D eigenvalue weighted by Crippen LogP contribution is 2.52. The highest BCUT2D eigenvalue weighted by molar-refractivity contribution is 14.0. The number of rotatable bonds is 5. The molecule has 2 N–H and O–H groups in total. The number of fused-ring (bicyclic) bond motifs is 1. The quantitative estimate of drug-likeness (QED) is 0.293. The zero-order valence-corrected chi connectivity index (χ0v) is 17.5. The van der Waals surface area contributed by atoms with Crippen LogP contribution in [0.1, 0.15) is 40.0 Å². The lowest BCUT2D eigenvalue weighted by atomic mass is 9.57. The highest BCUT2D eigenvalue weighted by atomic mass is 127. The van der Waals surface area contributed by atoms with Crippen molar-refractivity contribution < 1.29 is 9.47 Å². The minimum absolute atomic E-state index is 0. The molecule has 3 rings (SSSR count). The van der Waals surface area contributed by atoms with Crippen LogP contribution in [0.5, 0.6) is 0 Å². The summed E-state index contributed by atoms with van der Waals surface area (Å²) in [6.07, 6.45) is 5.86. The Kier molecular flexibility index (Phi) is 7.37. The maximum absolute atomic E-state index is 5.88. The molecule has 0 spiro atoms. The van der Waals surface area contributed by atoms with Gasteiger partial charge in [-0.3, -0.25) is 4.99 Å². The van der Waals surface area contributed by atoms with Gasteiger partial charge in [-0.15, -0.1) is 24.0 Å². The fourth-order valence-electron chi connectivity index (χ4n) is 4.19. The van der Waals surface area contributed by atoms with Gasteiger partial charge in [0.25, 0.3) is 0 Å². The molecule has 3 atom stereocenters. The van der Waals surface area contributed by atoms with Gasteiger partial charge in [0.15, 0.2) is 5.96 Å². The second-order valence-electron chi connectivity index (χ2n) is 7.39. The van der Waals surface area contributed by atoms with Crippen molar-refractivity contribution in [2.24, 2.45) is 16.3 Å². The standard InChI is InChI=1S/C18H31N3O2.HI/c1-4-19-17(20-9-5-13-6-10-22-11-7-13)21-15-14-8-12-23-16(14)18(15,2)3;/h6,14-16H,4-5,7-12H2,1-3H3,(H2,19,20,21);1H. The van der Waals surface area contributed by atoms with Gasteiger partial charge in [-0.1, -0.05) is 25.5 Å². The van der Waals surface area contributed by atoms with Crippen molar-refractivity contribution in [2.45, 2.75) is 52.2 Å². The molecule has 3 aliphatic rings. The van der Waals surface area contributed by atoms with Crippen molar-refractivity contribution in [2.75, 3.05) is 32.9 Å². The first kappa shape index (κ1) is 20.0. The Morgan fingerprint density at radius 3 is 2.92 bits per heavy atom. The van der Waals surface area contributed by atoms with Crippen LogP contribution >= 0.6 is 24.0 Å². The topological polar surface area (TPSA) is 54.9 Å². The summed E-state index contributed by atoms with van der Waals surface area (Å²) in [7, 11) is 0. The Balaban J connectivity index is 0.00000208. The van der Waals surface area contributed by atoms with E-state index in [2.05, 4.69) is 37.5 Å². The van der Waals surface area contributed by atoms with E-state index in [0.29, 0.717) is 18.1 Å². The zero-order valence-electron chi connectivity index (χ0n) is 15.1. The Morgan fingerprint density at radius 2 is 2.21 bits per heavy atom. The van der Waals surface area contributed by atoms with E-state index in [-0.39, 0.29) is 29.4 Å². The van der Waals surface area contributed by atoms with Crippen LogP contribution in [0.3, 0.4) is 0 Å². The number of nitrogens with zero attached hydrogens (tertiary/aromatic N) is 1. The molecule has 3 unspecified atom stereocenters. The number of hydrogen-bond acceptors (Lipinski definition) is 3. The number of nitrogens with one attached hydrogen (secondary N) is 2. The summed E-state index contributed by atoms with van der Waals surface area (Å²) in [5.41, 5.74) is 1.66. The highest BCUT2D eigenvalue weighted by Gasteiger charge is 2.59. The molecule has 0 aromatic carbocycles. The van der Waals surface area contributed by atoms with Gasteiger partial charge in [0, 0.05) is 37.1 Å². The molecule has 0 aromatic heterocycles. The number of aliphatic imine (C=N–C) groups is 1. The van der Waals surface area contributed by atoms with Gasteiger partial charge in [0.05, 0.1) is 19.3 Å². The predicted octanol–water partition coefficient (Wildman–Crippen LogP) is 2.71. The summed E-state index contributed by atoms with van der Waals surface area (Å²) in [5.74, 6) is 1.58. The first-order chi connectivity index (χ1) is 11.1. The molecular formula is C18H32IN3O2. The van der Waals surface area contributed by atoms with Crippen LogP contribution in [0.4, 0.5) is 0 Å². The Bertz CT molecular complexity index is 479. The number of ether oxygens (including phenoxy) is 2. The van der Waals surface area contributed by atoms with Crippen LogP contribution in [0.15, 0.2) is 16.6 Å². The van der Waals surface area contributed by atoms with E-state index in [4.69, 9.17) is 14.5 Å². The Hall–Kier alpha value is -0.340. The van der Waals surface area contributed by atoms with Crippen LogP contribution in [-0.2, 0) is 9.47 Å². The lowest BCUT2D eigenvalue weighted by molar-refractivity contribution is -0.106. The third kappa shape index (κ3) is 4.25. The lowest BCUT2D eigenvalue weighted by Gasteiger charge is -2.54. The van der Waals surface area contributed by atoms with Gasteiger partial charge in [-0.05, 0) is 26.2 Å². The normalized spacial score (nSPS) is 31.4. The molecule has 2 fully saturated rings. The molecule has 0 aromatic rings. The number of halogens is 1. The van der Waals surface area contributed by atoms with E-state index in [0.717, 1.165) is 58.1 Å². The van der Waals surface area contributed by atoms with Crippen molar-refractivity contribution in [1.29, 1.82) is 0 Å². The average Bonchev–Trinajstić information content (AvgIpc) is 3.00. The van der Waals surface area contributed by atoms with Crippen molar-refractivity contribution in [3.63, 3.8) is 0 Å². The molecule has 24 heavy (non-hydrogen) atoms. The van der Waals surface area contributed by atoms with Gasteiger partial charge < -0.3 is 20.1 Å². The molecule has 6 heteroatoms. The second kappa shape index (κ2) is 8.85. The Morgan fingerprint density at radius 1 is 1.38 bits per heavy atom. The van der Waals surface area contributed by atoms with E-state index < -0.39 is 0 Å². The van der Waals surface area contributed by atoms with Gasteiger partial charge >= 0.3 is 0 Å². The summed E-state index contributed by atoms with van der Waals surface area (Å²) in [6.45, 7) is 11.0. The van der Waals surface area contributed by atoms with E-state index in [9.17, 15) is 0 Å². The van der Waals surface area contributed by atoms with Crippen molar-refractivity contribution in [3.8, 4) is 0 Å². The number of hydrogen-bond donors (Lipinski definition) is 2. The zero-order chi connectivity index (χ0) is 16.3. The summed E-state index contributed by atoms with van der Waals surface area (Å²) in [6, 6.07) is 0.454. The predicted molar refractivity (Wildman–Crippen MR) is 108 cm³/mol. The molecule has 138 valence electrons. The summed E-state index contributed by atoms with van der Waals surface area (Å²) in [4.78, 5) is 4.78. The second-order valence-corrected chi connectivity index (χ2v) is 7.39. The molecule has 5 nitrogen and oxygen atoms in total. The number of guanidine groups is 1. The van der Waals surface area contributed by atoms with Crippen LogP contribution in [0.25, 0.3) is 0 Å².